The zero-order chi connectivity index (χ0) is 18.8. The third-order valence-corrected chi connectivity index (χ3v) is 7.90. The highest BCUT2D eigenvalue weighted by molar-refractivity contribution is 4.91. The minimum Gasteiger partial charge on any atom is -0.381 e. The summed E-state index contributed by atoms with van der Waals surface area (Å²) in [4.78, 5) is 11.0. The van der Waals surface area contributed by atoms with Gasteiger partial charge in [-0.3, -0.25) is 19.6 Å². The summed E-state index contributed by atoms with van der Waals surface area (Å²) in [6.45, 7) is 19.2. The van der Waals surface area contributed by atoms with Crippen LogP contribution in [0.5, 0.6) is 0 Å². The van der Waals surface area contributed by atoms with Gasteiger partial charge in [0.15, 0.2) is 0 Å². The van der Waals surface area contributed by atoms with E-state index in [0.29, 0.717) is 18.1 Å². The summed E-state index contributed by atoms with van der Waals surface area (Å²) in [6, 6.07) is 3.01. The molecule has 3 heterocycles. The molecule has 4 rings (SSSR count). The first-order valence-electron chi connectivity index (χ1n) is 11.7. The molecule has 0 spiro atoms. The van der Waals surface area contributed by atoms with Crippen molar-refractivity contribution in [3.05, 3.63) is 0 Å². The molecule has 0 radical (unpaired) electrons. The van der Waals surface area contributed by atoms with E-state index in [2.05, 4.69) is 40.4 Å². The zero-order valence-electron chi connectivity index (χ0n) is 18.0. The summed E-state index contributed by atoms with van der Waals surface area (Å²) in [6.07, 6.45) is 5.67. The van der Waals surface area contributed by atoms with Crippen molar-refractivity contribution in [2.24, 2.45) is 5.92 Å². The Bertz CT molecular complexity index is 449. The minimum atomic E-state index is 0.684. The van der Waals surface area contributed by atoms with Crippen molar-refractivity contribution >= 4 is 0 Å². The fraction of sp³-hybridized carbons (Fsp3) is 1.00. The van der Waals surface area contributed by atoms with Gasteiger partial charge in [-0.2, -0.15) is 0 Å². The smallest absolute Gasteiger partial charge is 0.0531 e. The number of rotatable bonds is 7. The average molecular weight is 379 g/mol. The second kappa shape index (κ2) is 9.08. The van der Waals surface area contributed by atoms with Crippen molar-refractivity contribution in [2.45, 2.75) is 70.6 Å². The van der Waals surface area contributed by atoms with Crippen molar-refractivity contribution in [3.63, 3.8) is 0 Å². The van der Waals surface area contributed by atoms with E-state index in [1.807, 2.05) is 0 Å². The molecule has 3 saturated heterocycles. The van der Waals surface area contributed by atoms with Gasteiger partial charge in [0.1, 0.15) is 0 Å². The average Bonchev–Trinajstić information content (AvgIpc) is 2.59. The lowest BCUT2D eigenvalue weighted by Gasteiger charge is -2.48. The van der Waals surface area contributed by atoms with Crippen LogP contribution in [0.1, 0.15) is 46.5 Å². The molecule has 5 heteroatoms. The van der Waals surface area contributed by atoms with E-state index < -0.39 is 0 Å². The lowest BCUT2D eigenvalue weighted by molar-refractivity contribution is -0.0894. The predicted octanol–water partition coefficient (Wildman–Crippen LogP) is 1.98. The van der Waals surface area contributed by atoms with Gasteiger partial charge < -0.3 is 4.74 Å². The summed E-state index contributed by atoms with van der Waals surface area (Å²) in [5.74, 6) is 0.759. The Balaban J connectivity index is 1.28. The highest BCUT2D eigenvalue weighted by Gasteiger charge is 2.37. The summed E-state index contributed by atoms with van der Waals surface area (Å²) in [7, 11) is 0. The topological polar surface area (TPSA) is 22.2 Å². The zero-order valence-corrected chi connectivity index (χ0v) is 18.0. The van der Waals surface area contributed by atoms with Crippen molar-refractivity contribution < 1.29 is 4.74 Å². The minimum absolute atomic E-state index is 0.684. The van der Waals surface area contributed by atoms with Crippen LogP contribution in [0.2, 0.25) is 0 Å². The van der Waals surface area contributed by atoms with Gasteiger partial charge in [-0.15, -0.1) is 0 Å². The summed E-state index contributed by atoms with van der Waals surface area (Å²) in [5.41, 5.74) is 0. The monoisotopic (exact) mass is 378 g/mol. The van der Waals surface area contributed by atoms with Crippen molar-refractivity contribution in [3.8, 4) is 0 Å². The molecule has 27 heavy (non-hydrogen) atoms. The van der Waals surface area contributed by atoms with Crippen LogP contribution in [0.25, 0.3) is 0 Å². The molecule has 0 bridgehead atoms. The molecule has 1 saturated carbocycles. The van der Waals surface area contributed by atoms with E-state index in [9.17, 15) is 0 Å². The van der Waals surface area contributed by atoms with E-state index in [0.717, 1.165) is 25.2 Å². The molecule has 4 fully saturated rings. The third kappa shape index (κ3) is 4.69. The first kappa shape index (κ1) is 20.1. The van der Waals surface area contributed by atoms with Crippen LogP contribution in [0.3, 0.4) is 0 Å². The SMILES string of the molecule is CC(C)N1CCN(C(CC(C)N2CCN(C3CCC3)CC2)C2COC2)CC1. The first-order valence-corrected chi connectivity index (χ1v) is 11.7. The van der Waals surface area contributed by atoms with Crippen LogP contribution in [-0.4, -0.2) is 109 Å². The van der Waals surface area contributed by atoms with Gasteiger partial charge >= 0.3 is 0 Å². The Morgan fingerprint density at radius 1 is 0.778 bits per heavy atom. The van der Waals surface area contributed by atoms with Gasteiger partial charge in [0.05, 0.1) is 13.2 Å². The molecular weight excluding hydrogens is 336 g/mol. The Morgan fingerprint density at radius 2 is 1.37 bits per heavy atom. The highest BCUT2D eigenvalue weighted by atomic mass is 16.5. The number of hydrogen-bond acceptors (Lipinski definition) is 5. The highest BCUT2D eigenvalue weighted by Crippen LogP contribution is 2.29. The van der Waals surface area contributed by atoms with Gasteiger partial charge in [0.2, 0.25) is 0 Å². The van der Waals surface area contributed by atoms with E-state index in [1.54, 1.807) is 0 Å². The molecule has 4 aliphatic rings. The third-order valence-electron chi connectivity index (χ3n) is 7.90. The predicted molar refractivity (Wildman–Crippen MR) is 111 cm³/mol. The van der Waals surface area contributed by atoms with Gasteiger partial charge in [-0.25, -0.2) is 0 Å². The van der Waals surface area contributed by atoms with Crippen LogP contribution in [0, 0.1) is 5.92 Å². The second-order valence-electron chi connectivity index (χ2n) is 9.77. The van der Waals surface area contributed by atoms with Crippen molar-refractivity contribution in [1.29, 1.82) is 0 Å². The Morgan fingerprint density at radius 3 is 1.85 bits per heavy atom. The van der Waals surface area contributed by atoms with E-state index in [-0.39, 0.29) is 0 Å². The largest absolute Gasteiger partial charge is 0.381 e. The van der Waals surface area contributed by atoms with Gasteiger partial charge in [-0.1, -0.05) is 6.42 Å². The van der Waals surface area contributed by atoms with E-state index >= 15 is 0 Å². The summed E-state index contributed by atoms with van der Waals surface area (Å²) >= 11 is 0. The molecule has 0 aromatic rings. The molecule has 2 unspecified atom stereocenters. The maximum Gasteiger partial charge on any atom is 0.0531 e. The quantitative estimate of drug-likeness (QED) is 0.674. The van der Waals surface area contributed by atoms with Crippen LogP contribution >= 0.6 is 0 Å². The number of piperazine rings is 2. The van der Waals surface area contributed by atoms with Gasteiger partial charge in [-0.05, 0) is 40.0 Å². The molecule has 156 valence electrons. The van der Waals surface area contributed by atoms with Gasteiger partial charge in [0, 0.05) is 82.4 Å². The lowest BCUT2D eigenvalue weighted by atomic mass is 9.89. The standard InChI is InChI=1S/C22H42N4O/c1-18(2)23-7-13-26(14-8-23)22(20-16-27-17-20)15-19(3)24-9-11-25(12-10-24)21-5-4-6-21/h18-22H,4-17H2,1-3H3. The maximum absolute atomic E-state index is 5.59. The maximum atomic E-state index is 5.59. The van der Waals surface area contributed by atoms with Crippen LogP contribution in [-0.2, 0) is 4.74 Å². The number of hydrogen-bond donors (Lipinski definition) is 0. The van der Waals surface area contributed by atoms with E-state index in [1.165, 1.54) is 78.0 Å². The molecule has 5 nitrogen and oxygen atoms in total. The van der Waals surface area contributed by atoms with Gasteiger partial charge in [0.25, 0.3) is 0 Å². The lowest BCUT2D eigenvalue weighted by Crippen LogP contribution is -2.59. The molecule has 1 aliphatic carbocycles. The molecule has 2 atom stereocenters. The fourth-order valence-corrected chi connectivity index (χ4v) is 5.49. The van der Waals surface area contributed by atoms with Crippen molar-refractivity contribution in [2.75, 3.05) is 65.6 Å². The molecular formula is C22H42N4O. The second-order valence-corrected chi connectivity index (χ2v) is 9.77. The number of nitrogens with zero attached hydrogens (tertiary/aromatic N) is 4. The fourth-order valence-electron chi connectivity index (χ4n) is 5.49. The van der Waals surface area contributed by atoms with Crippen molar-refractivity contribution in [1.82, 2.24) is 19.6 Å². The van der Waals surface area contributed by atoms with Crippen LogP contribution in [0.15, 0.2) is 0 Å². The Hall–Kier alpha value is -0.200. The summed E-state index contributed by atoms with van der Waals surface area (Å²) < 4.78 is 5.59. The van der Waals surface area contributed by atoms with E-state index in [4.69, 9.17) is 4.74 Å². The van der Waals surface area contributed by atoms with Crippen LogP contribution < -0.4 is 0 Å². The normalized spacial score (nSPS) is 30.2. The molecule has 0 N–H and O–H groups in total. The van der Waals surface area contributed by atoms with Crippen LogP contribution in [0.4, 0.5) is 0 Å². The Kier molecular flexibility index (Phi) is 6.76. The summed E-state index contributed by atoms with van der Waals surface area (Å²) in [5, 5.41) is 0. The molecule has 0 amide bonds. The Labute approximate surface area is 167 Å². The molecule has 0 aromatic carbocycles. The first-order chi connectivity index (χ1) is 13.1. The molecule has 0 aromatic heterocycles. The molecule has 3 aliphatic heterocycles. The number of ether oxygens (including phenoxy) is 1.